The Morgan fingerprint density at radius 1 is 1.10 bits per heavy atom. The van der Waals surface area contributed by atoms with E-state index in [0.717, 1.165) is 30.6 Å². The maximum absolute atomic E-state index is 12.9. The fraction of sp³-hybridized carbons (Fsp3) is 0.278. The van der Waals surface area contributed by atoms with E-state index in [1.807, 2.05) is 53.4 Å². The van der Waals surface area contributed by atoms with Gasteiger partial charge in [0.2, 0.25) is 5.91 Å². The standard InChI is InChI=1S/C18H20N2O/c19-13-16(14-7-2-1-3-8-14)18(21)20-12-6-10-15-9-4-5-11-17(15)20/h1-5,7-9,11,16H,6,10,12-13,19H2. The second-order valence-electron chi connectivity index (χ2n) is 5.42. The number of carbonyl (C=O) groups is 1. The van der Waals surface area contributed by atoms with E-state index in [0.29, 0.717) is 6.54 Å². The molecule has 2 aromatic rings. The van der Waals surface area contributed by atoms with Crippen LogP contribution in [0.5, 0.6) is 0 Å². The number of hydrogen-bond donors (Lipinski definition) is 1. The molecule has 1 heterocycles. The zero-order chi connectivity index (χ0) is 14.7. The molecule has 0 radical (unpaired) electrons. The molecule has 0 bridgehead atoms. The van der Waals surface area contributed by atoms with Gasteiger partial charge in [-0.05, 0) is 30.0 Å². The molecular weight excluding hydrogens is 260 g/mol. The molecule has 0 saturated heterocycles. The topological polar surface area (TPSA) is 46.3 Å². The van der Waals surface area contributed by atoms with Crippen molar-refractivity contribution in [3.63, 3.8) is 0 Å². The van der Waals surface area contributed by atoms with Gasteiger partial charge in [0.15, 0.2) is 0 Å². The normalized spacial score (nSPS) is 15.4. The number of amides is 1. The number of nitrogens with zero attached hydrogens (tertiary/aromatic N) is 1. The Balaban J connectivity index is 1.92. The Hall–Kier alpha value is -2.13. The van der Waals surface area contributed by atoms with Crippen molar-refractivity contribution in [3.05, 3.63) is 65.7 Å². The van der Waals surface area contributed by atoms with E-state index in [1.54, 1.807) is 0 Å². The number of anilines is 1. The van der Waals surface area contributed by atoms with Crippen molar-refractivity contribution >= 4 is 11.6 Å². The van der Waals surface area contributed by atoms with Crippen LogP contribution in [0, 0.1) is 0 Å². The quantitative estimate of drug-likeness (QED) is 0.939. The van der Waals surface area contributed by atoms with E-state index in [9.17, 15) is 4.79 Å². The van der Waals surface area contributed by atoms with Crippen LogP contribution in [-0.2, 0) is 11.2 Å². The minimum Gasteiger partial charge on any atom is -0.329 e. The number of hydrogen-bond acceptors (Lipinski definition) is 2. The first-order valence-electron chi connectivity index (χ1n) is 7.45. The van der Waals surface area contributed by atoms with Gasteiger partial charge in [-0.15, -0.1) is 0 Å². The van der Waals surface area contributed by atoms with E-state index in [-0.39, 0.29) is 11.8 Å². The summed E-state index contributed by atoms with van der Waals surface area (Å²) in [5, 5.41) is 0. The molecule has 21 heavy (non-hydrogen) atoms. The molecule has 0 saturated carbocycles. The van der Waals surface area contributed by atoms with Crippen molar-refractivity contribution in [1.82, 2.24) is 0 Å². The Bertz CT molecular complexity index is 624. The molecular formula is C18H20N2O. The van der Waals surface area contributed by atoms with Gasteiger partial charge in [-0.3, -0.25) is 4.79 Å². The Morgan fingerprint density at radius 3 is 2.57 bits per heavy atom. The van der Waals surface area contributed by atoms with Gasteiger partial charge in [-0.2, -0.15) is 0 Å². The molecule has 3 heteroatoms. The van der Waals surface area contributed by atoms with Crippen molar-refractivity contribution in [2.45, 2.75) is 18.8 Å². The average molecular weight is 280 g/mol. The second-order valence-corrected chi connectivity index (χ2v) is 5.42. The number of para-hydroxylation sites is 1. The second kappa shape index (κ2) is 6.10. The van der Waals surface area contributed by atoms with Gasteiger partial charge in [0.1, 0.15) is 0 Å². The summed E-state index contributed by atoms with van der Waals surface area (Å²) in [6.07, 6.45) is 2.05. The molecule has 1 amide bonds. The molecule has 3 rings (SSSR count). The molecule has 0 aromatic heterocycles. The van der Waals surface area contributed by atoms with Crippen molar-refractivity contribution in [1.29, 1.82) is 0 Å². The summed E-state index contributed by atoms with van der Waals surface area (Å²) in [7, 11) is 0. The minimum absolute atomic E-state index is 0.107. The maximum atomic E-state index is 12.9. The zero-order valence-corrected chi connectivity index (χ0v) is 12.0. The van der Waals surface area contributed by atoms with Crippen molar-refractivity contribution < 1.29 is 4.79 Å². The van der Waals surface area contributed by atoms with Crippen LogP contribution < -0.4 is 10.6 Å². The molecule has 1 atom stereocenters. The van der Waals surface area contributed by atoms with Crippen molar-refractivity contribution in [2.24, 2.45) is 5.73 Å². The first-order valence-corrected chi connectivity index (χ1v) is 7.45. The molecule has 1 unspecified atom stereocenters. The van der Waals surface area contributed by atoms with Crippen LogP contribution in [0.4, 0.5) is 5.69 Å². The molecule has 2 aromatic carbocycles. The van der Waals surface area contributed by atoms with Crippen LogP contribution in [-0.4, -0.2) is 19.0 Å². The highest BCUT2D eigenvalue weighted by atomic mass is 16.2. The summed E-state index contributed by atoms with van der Waals surface area (Å²) in [5.74, 6) is -0.159. The lowest BCUT2D eigenvalue weighted by molar-refractivity contribution is -0.119. The predicted octanol–water partition coefficient (Wildman–Crippen LogP) is 2.71. The first-order chi connectivity index (χ1) is 10.3. The highest BCUT2D eigenvalue weighted by Crippen LogP contribution is 2.29. The summed E-state index contributed by atoms with van der Waals surface area (Å²) in [6, 6.07) is 18.0. The summed E-state index contributed by atoms with van der Waals surface area (Å²) >= 11 is 0. The first kappa shape index (κ1) is 13.8. The van der Waals surface area contributed by atoms with Gasteiger partial charge in [-0.1, -0.05) is 48.5 Å². The van der Waals surface area contributed by atoms with Gasteiger partial charge < -0.3 is 10.6 Å². The fourth-order valence-corrected chi connectivity index (χ4v) is 3.02. The lowest BCUT2D eigenvalue weighted by atomic mass is 9.95. The lowest BCUT2D eigenvalue weighted by Crippen LogP contribution is -2.41. The number of fused-ring (bicyclic) bond motifs is 1. The van der Waals surface area contributed by atoms with Crippen molar-refractivity contribution in [2.75, 3.05) is 18.0 Å². The molecule has 0 spiro atoms. The highest BCUT2D eigenvalue weighted by Gasteiger charge is 2.28. The fourth-order valence-electron chi connectivity index (χ4n) is 3.02. The molecule has 1 aliphatic rings. The largest absolute Gasteiger partial charge is 0.329 e. The molecule has 0 aliphatic carbocycles. The van der Waals surface area contributed by atoms with E-state index < -0.39 is 0 Å². The molecule has 108 valence electrons. The van der Waals surface area contributed by atoms with E-state index >= 15 is 0 Å². The van der Waals surface area contributed by atoms with Gasteiger partial charge in [0, 0.05) is 18.8 Å². The Morgan fingerprint density at radius 2 is 1.81 bits per heavy atom. The van der Waals surface area contributed by atoms with Crippen molar-refractivity contribution in [3.8, 4) is 0 Å². The highest BCUT2D eigenvalue weighted by molar-refractivity contribution is 5.99. The van der Waals surface area contributed by atoms with Crippen LogP contribution in [0.15, 0.2) is 54.6 Å². The third-order valence-corrected chi connectivity index (χ3v) is 4.11. The van der Waals surface area contributed by atoms with Gasteiger partial charge in [0.05, 0.1) is 5.92 Å². The van der Waals surface area contributed by atoms with E-state index in [4.69, 9.17) is 5.73 Å². The number of nitrogens with two attached hydrogens (primary N) is 1. The molecule has 2 N–H and O–H groups in total. The Labute approximate surface area is 125 Å². The number of rotatable bonds is 3. The summed E-state index contributed by atoms with van der Waals surface area (Å²) < 4.78 is 0. The Kier molecular flexibility index (Phi) is 4.02. The molecule has 0 fully saturated rings. The summed E-state index contributed by atoms with van der Waals surface area (Å²) in [5.41, 5.74) is 9.17. The third-order valence-electron chi connectivity index (χ3n) is 4.11. The van der Waals surface area contributed by atoms with Gasteiger partial charge in [0.25, 0.3) is 0 Å². The molecule has 3 nitrogen and oxygen atoms in total. The van der Waals surface area contributed by atoms with Crippen LogP contribution in [0.1, 0.15) is 23.5 Å². The smallest absolute Gasteiger partial charge is 0.235 e. The van der Waals surface area contributed by atoms with Crippen LogP contribution in [0.3, 0.4) is 0 Å². The predicted molar refractivity (Wildman–Crippen MR) is 85.4 cm³/mol. The number of carbonyl (C=O) groups excluding carboxylic acids is 1. The minimum atomic E-state index is -0.266. The lowest BCUT2D eigenvalue weighted by Gasteiger charge is -2.32. The van der Waals surface area contributed by atoms with Crippen LogP contribution in [0.2, 0.25) is 0 Å². The monoisotopic (exact) mass is 280 g/mol. The zero-order valence-electron chi connectivity index (χ0n) is 12.0. The SMILES string of the molecule is NCC(C(=O)N1CCCc2ccccc21)c1ccccc1. The van der Waals surface area contributed by atoms with Gasteiger partial charge in [-0.25, -0.2) is 0 Å². The summed E-state index contributed by atoms with van der Waals surface area (Å²) in [4.78, 5) is 14.8. The van der Waals surface area contributed by atoms with E-state index in [1.165, 1.54) is 5.56 Å². The van der Waals surface area contributed by atoms with Crippen LogP contribution >= 0.6 is 0 Å². The van der Waals surface area contributed by atoms with Gasteiger partial charge >= 0.3 is 0 Å². The number of benzene rings is 2. The third kappa shape index (κ3) is 2.69. The van der Waals surface area contributed by atoms with Crippen LogP contribution in [0.25, 0.3) is 0 Å². The maximum Gasteiger partial charge on any atom is 0.235 e. The number of aryl methyl sites for hydroxylation is 1. The molecule has 1 aliphatic heterocycles. The van der Waals surface area contributed by atoms with E-state index in [2.05, 4.69) is 6.07 Å². The summed E-state index contributed by atoms with van der Waals surface area (Å²) in [6.45, 7) is 1.11. The average Bonchev–Trinajstić information content (AvgIpc) is 2.56.